The minimum Gasteiger partial charge on any atom is -0.497 e. The topological polar surface area (TPSA) is 77.0 Å². The number of para-hydroxylation sites is 1. The van der Waals surface area contributed by atoms with Gasteiger partial charge in [0.05, 0.1) is 18.6 Å². The van der Waals surface area contributed by atoms with Gasteiger partial charge in [-0.1, -0.05) is 30.0 Å². The molecule has 0 fully saturated rings. The van der Waals surface area contributed by atoms with Crippen molar-refractivity contribution in [2.24, 2.45) is 0 Å². The van der Waals surface area contributed by atoms with Crippen LogP contribution >= 0.6 is 11.8 Å². The number of methoxy groups -OCH3 is 1. The molecular weight excluding hydrogens is 326 g/mol. The number of nitrogens with one attached hydrogen (secondary N) is 1. The van der Waals surface area contributed by atoms with Gasteiger partial charge in [0.15, 0.2) is 10.9 Å². The first-order valence-corrected chi connectivity index (χ1v) is 8.20. The molecule has 0 atom stereocenters. The molecule has 0 saturated carbocycles. The molecule has 2 aromatic carbocycles. The summed E-state index contributed by atoms with van der Waals surface area (Å²) in [6.07, 6.45) is 0. The minimum absolute atomic E-state index is 0.0438. The second kappa shape index (κ2) is 7.18. The SMILES string of the molecule is COc1ccc(C(=O)CSc2n[nH]c(=O)n2-c2ccccc2)cc1. The first-order valence-electron chi connectivity index (χ1n) is 7.22. The number of ketones is 1. The summed E-state index contributed by atoms with van der Waals surface area (Å²) in [7, 11) is 1.58. The molecule has 122 valence electrons. The number of hydrogen-bond acceptors (Lipinski definition) is 5. The number of hydrogen-bond donors (Lipinski definition) is 1. The van der Waals surface area contributed by atoms with Crippen LogP contribution in [-0.2, 0) is 0 Å². The maximum atomic E-state index is 12.3. The van der Waals surface area contributed by atoms with Gasteiger partial charge in [-0.05, 0) is 36.4 Å². The lowest BCUT2D eigenvalue weighted by Gasteiger charge is -2.05. The average molecular weight is 341 g/mol. The Morgan fingerprint density at radius 3 is 2.54 bits per heavy atom. The van der Waals surface area contributed by atoms with Crippen LogP contribution < -0.4 is 10.4 Å². The number of Topliss-reactive ketones (excluding diaryl/α,β-unsaturated/α-hetero) is 1. The standard InChI is InChI=1S/C17H15N3O3S/c1-23-14-9-7-12(8-10-14)15(21)11-24-17-19-18-16(22)20(17)13-5-3-2-4-6-13/h2-10H,11H2,1H3,(H,18,22). The van der Waals surface area contributed by atoms with Crippen molar-refractivity contribution in [2.75, 3.05) is 12.9 Å². The fraction of sp³-hybridized carbons (Fsp3) is 0.118. The van der Waals surface area contributed by atoms with Gasteiger partial charge in [0.25, 0.3) is 0 Å². The Balaban J connectivity index is 1.75. The van der Waals surface area contributed by atoms with Crippen molar-refractivity contribution >= 4 is 17.5 Å². The van der Waals surface area contributed by atoms with Crippen molar-refractivity contribution < 1.29 is 9.53 Å². The van der Waals surface area contributed by atoms with Gasteiger partial charge in [0, 0.05) is 5.56 Å². The summed E-state index contributed by atoms with van der Waals surface area (Å²) >= 11 is 1.22. The van der Waals surface area contributed by atoms with E-state index in [4.69, 9.17) is 4.74 Å². The maximum Gasteiger partial charge on any atom is 0.348 e. The van der Waals surface area contributed by atoms with E-state index in [0.29, 0.717) is 22.2 Å². The van der Waals surface area contributed by atoms with Crippen LogP contribution in [0.15, 0.2) is 64.5 Å². The summed E-state index contributed by atoms with van der Waals surface area (Å²) in [6, 6.07) is 16.1. The van der Waals surface area contributed by atoms with Crippen LogP contribution in [0.5, 0.6) is 5.75 Å². The van der Waals surface area contributed by atoms with Crippen molar-refractivity contribution in [3.8, 4) is 11.4 Å². The molecule has 6 nitrogen and oxygen atoms in total. The Morgan fingerprint density at radius 2 is 1.88 bits per heavy atom. The van der Waals surface area contributed by atoms with Gasteiger partial charge < -0.3 is 4.74 Å². The Hall–Kier alpha value is -2.80. The summed E-state index contributed by atoms with van der Waals surface area (Å²) in [5.74, 6) is 0.839. The van der Waals surface area contributed by atoms with Crippen LogP contribution in [0.1, 0.15) is 10.4 Å². The molecule has 0 saturated heterocycles. The number of ether oxygens (including phenoxy) is 1. The Bertz CT molecular complexity index is 885. The first-order chi connectivity index (χ1) is 11.7. The molecule has 1 N–H and O–H groups in total. The zero-order valence-corrected chi connectivity index (χ0v) is 13.7. The van der Waals surface area contributed by atoms with Gasteiger partial charge >= 0.3 is 5.69 Å². The van der Waals surface area contributed by atoms with E-state index in [1.807, 2.05) is 30.3 Å². The lowest BCUT2D eigenvalue weighted by atomic mass is 10.1. The molecule has 1 heterocycles. The molecule has 0 amide bonds. The molecule has 0 aliphatic rings. The predicted molar refractivity (Wildman–Crippen MR) is 92.2 cm³/mol. The molecule has 1 aromatic heterocycles. The minimum atomic E-state index is -0.333. The highest BCUT2D eigenvalue weighted by Crippen LogP contribution is 2.19. The van der Waals surface area contributed by atoms with E-state index in [9.17, 15) is 9.59 Å². The highest BCUT2D eigenvalue weighted by Gasteiger charge is 2.13. The molecule has 3 aromatic rings. The monoisotopic (exact) mass is 341 g/mol. The fourth-order valence-electron chi connectivity index (χ4n) is 2.17. The van der Waals surface area contributed by atoms with Crippen LogP contribution in [0.4, 0.5) is 0 Å². The highest BCUT2D eigenvalue weighted by atomic mass is 32.2. The lowest BCUT2D eigenvalue weighted by molar-refractivity contribution is 0.102. The van der Waals surface area contributed by atoms with Crippen molar-refractivity contribution in [1.82, 2.24) is 14.8 Å². The fourth-order valence-corrected chi connectivity index (χ4v) is 3.03. The number of carbonyl (C=O) groups excluding carboxylic acids is 1. The van der Waals surface area contributed by atoms with E-state index < -0.39 is 0 Å². The zero-order valence-electron chi connectivity index (χ0n) is 12.9. The van der Waals surface area contributed by atoms with E-state index in [1.165, 1.54) is 16.3 Å². The van der Waals surface area contributed by atoms with Crippen LogP contribution in [0.25, 0.3) is 5.69 Å². The Labute approximate surface area is 142 Å². The molecule has 7 heteroatoms. The molecule has 0 unspecified atom stereocenters. The Morgan fingerprint density at radius 1 is 1.17 bits per heavy atom. The molecule has 3 rings (SSSR count). The smallest absolute Gasteiger partial charge is 0.348 e. The molecule has 0 aliphatic carbocycles. The van der Waals surface area contributed by atoms with Gasteiger partial charge in [-0.15, -0.1) is 5.10 Å². The van der Waals surface area contributed by atoms with E-state index >= 15 is 0 Å². The molecule has 0 bridgehead atoms. The quantitative estimate of drug-likeness (QED) is 0.551. The second-order valence-corrected chi connectivity index (χ2v) is 5.87. The van der Waals surface area contributed by atoms with Crippen LogP contribution in [0.2, 0.25) is 0 Å². The summed E-state index contributed by atoms with van der Waals surface area (Å²) < 4.78 is 6.53. The number of carbonyl (C=O) groups is 1. The largest absolute Gasteiger partial charge is 0.497 e. The van der Waals surface area contributed by atoms with Crippen LogP contribution in [0, 0.1) is 0 Å². The van der Waals surface area contributed by atoms with E-state index in [0.717, 1.165) is 0 Å². The van der Waals surface area contributed by atoms with Crippen molar-refractivity contribution in [3.05, 3.63) is 70.6 Å². The summed E-state index contributed by atoms with van der Waals surface area (Å²) in [5.41, 5.74) is 0.962. The van der Waals surface area contributed by atoms with Crippen LogP contribution in [-0.4, -0.2) is 33.4 Å². The molecule has 24 heavy (non-hydrogen) atoms. The third-order valence-corrected chi connectivity index (χ3v) is 4.34. The zero-order chi connectivity index (χ0) is 16.9. The highest BCUT2D eigenvalue weighted by molar-refractivity contribution is 7.99. The van der Waals surface area contributed by atoms with E-state index in [2.05, 4.69) is 10.2 Å². The third-order valence-electron chi connectivity index (χ3n) is 3.40. The molecule has 0 radical (unpaired) electrons. The van der Waals surface area contributed by atoms with Crippen molar-refractivity contribution in [1.29, 1.82) is 0 Å². The number of aromatic amines is 1. The van der Waals surface area contributed by atoms with E-state index in [1.54, 1.807) is 31.4 Å². The Kier molecular flexibility index (Phi) is 4.81. The average Bonchev–Trinajstić information content (AvgIpc) is 3.01. The number of nitrogens with zero attached hydrogens (tertiary/aromatic N) is 2. The number of H-pyrrole nitrogens is 1. The normalized spacial score (nSPS) is 10.5. The molecule has 0 spiro atoms. The number of rotatable bonds is 6. The van der Waals surface area contributed by atoms with Gasteiger partial charge in [-0.2, -0.15) is 0 Å². The first kappa shape index (κ1) is 16.1. The summed E-state index contributed by atoms with van der Waals surface area (Å²) in [4.78, 5) is 24.2. The summed E-state index contributed by atoms with van der Waals surface area (Å²) in [6.45, 7) is 0. The number of aromatic nitrogens is 3. The van der Waals surface area contributed by atoms with Gasteiger partial charge in [0.2, 0.25) is 0 Å². The van der Waals surface area contributed by atoms with Gasteiger partial charge in [0.1, 0.15) is 5.75 Å². The predicted octanol–water partition coefficient (Wildman–Crippen LogP) is 2.54. The van der Waals surface area contributed by atoms with Gasteiger partial charge in [-0.3, -0.25) is 4.79 Å². The maximum absolute atomic E-state index is 12.3. The van der Waals surface area contributed by atoms with Gasteiger partial charge in [-0.25, -0.2) is 14.5 Å². The van der Waals surface area contributed by atoms with Crippen molar-refractivity contribution in [3.63, 3.8) is 0 Å². The summed E-state index contributed by atoms with van der Waals surface area (Å²) in [5, 5.41) is 6.88. The second-order valence-electron chi connectivity index (χ2n) is 4.92. The molecule has 0 aliphatic heterocycles. The van der Waals surface area contributed by atoms with Crippen LogP contribution in [0.3, 0.4) is 0 Å². The van der Waals surface area contributed by atoms with Crippen molar-refractivity contribution in [2.45, 2.75) is 5.16 Å². The third kappa shape index (κ3) is 3.41. The lowest BCUT2D eigenvalue weighted by Crippen LogP contribution is -2.15. The number of thioether (sulfide) groups is 1. The van der Waals surface area contributed by atoms with E-state index in [-0.39, 0.29) is 17.2 Å². The molecular formula is C17H15N3O3S. The number of benzene rings is 2.